The van der Waals surface area contributed by atoms with Crippen molar-refractivity contribution in [3.63, 3.8) is 0 Å². The third-order valence-corrected chi connectivity index (χ3v) is 4.55. The molecule has 0 aliphatic carbocycles. The van der Waals surface area contributed by atoms with Gasteiger partial charge in [-0.1, -0.05) is 37.3 Å². The lowest BCUT2D eigenvalue weighted by Gasteiger charge is -2.30. The number of hydrogen-bond acceptors (Lipinski definition) is 3. The van der Waals surface area contributed by atoms with Gasteiger partial charge < -0.3 is 10.8 Å². The van der Waals surface area contributed by atoms with Crippen LogP contribution in [0.15, 0.2) is 30.3 Å². The van der Waals surface area contributed by atoms with Crippen LogP contribution in [0.2, 0.25) is 0 Å². The molecule has 0 saturated heterocycles. The second kappa shape index (κ2) is 5.91. The van der Waals surface area contributed by atoms with E-state index in [1.54, 1.807) is 38.1 Å². The molecule has 1 aromatic carbocycles. The molecule has 0 aliphatic heterocycles. The maximum Gasteiger partial charge on any atom is 0.324 e. The number of hydrogen-bond donors (Lipinski definition) is 2. The van der Waals surface area contributed by atoms with Gasteiger partial charge in [-0.25, -0.2) is 0 Å². The first kappa shape index (κ1) is 14.6. The topological polar surface area (TPSA) is 80.4 Å². The number of rotatable bonds is 6. The monoisotopic (exact) mass is 267 g/mol. The van der Waals surface area contributed by atoms with E-state index in [0.29, 0.717) is 12.0 Å². The summed E-state index contributed by atoms with van der Waals surface area (Å²) < 4.78 is -1.13. The fourth-order valence-corrected chi connectivity index (χ4v) is 3.01. The molecule has 5 heteroatoms. The van der Waals surface area contributed by atoms with Crippen LogP contribution in [0.3, 0.4) is 0 Å². The van der Waals surface area contributed by atoms with Crippen LogP contribution in [0.25, 0.3) is 0 Å². The van der Waals surface area contributed by atoms with Crippen molar-refractivity contribution in [2.24, 2.45) is 5.73 Å². The highest BCUT2D eigenvalue weighted by Gasteiger charge is 2.41. The molecule has 0 aliphatic rings. The Morgan fingerprint density at radius 1 is 1.39 bits per heavy atom. The summed E-state index contributed by atoms with van der Waals surface area (Å²) >= 11 is 1.09. The normalized spacial score (nSPS) is 15.7. The van der Waals surface area contributed by atoms with E-state index < -0.39 is 21.9 Å². The molecule has 3 N–H and O–H groups in total. The van der Waals surface area contributed by atoms with E-state index in [9.17, 15) is 14.7 Å². The van der Waals surface area contributed by atoms with E-state index in [2.05, 4.69) is 0 Å². The summed E-state index contributed by atoms with van der Waals surface area (Å²) in [6, 6.07) is 8.93. The largest absolute Gasteiger partial charge is 0.480 e. The summed E-state index contributed by atoms with van der Waals surface area (Å²) in [5, 5.41) is 8.98. The molecule has 0 aromatic heterocycles. The van der Waals surface area contributed by atoms with Gasteiger partial charge in [0, 0.05) is 0 Å². The summed E-state index contributed by atoms with van der Waals surface area (Å²) in [6.45, 7) is 3.42. The summed E-state index contributed by atoms with van der Waals surface area (Å²) in [4.78, 5) is 22.8. The van der Waals surface area contributed by atoms with E-state index >= 15 is 0 Å². The minimum atomic E-state index is -1.13. The zero-order valence-electron chi connectivity index (χ0n) is 10.4. The lowest BCUT2D eigenvalue weighted by Crippen LogP contribution is -2.36. The molecular formula is C13H17NO3S. The second-order valence-electron chi connectivity index (χ2n) is 4.01. The number of primary amides is 1. The fraction of sp³-hybridized carbons (Fsp3) is 0.385. The molecule has 0 unspecified atom stereocenters. The Morgan fingerprint density at radius 2 is 1.94 bits per heavy atom. The number of carboxylic acid groups (broad SMARTS) is 1. The molecule has 4 nitrogen and oxygen atoms in total. The number of carbonyl (C=O) groups is 2. The molecule has 0 spiro atoms. The Balaban J connectivity index is 3.18. The molecular weight excluding hydrogens is 250 g/mol. The molecule has 0 bridgehead atoms. The number of nitrogens with two attached hydrogens (primary N) is 1. The minimum absolute atomic E-state index is 0.384. The average molecular weight is 267 g/mol. The molecule has 2 atom stereocenters. The zero-order valence-corrected chi connectivity index (χ0v) is 11.2. The summed E-state index contributed by atoms with van der Waals surface area (Å²) in [7, 11) is 0. The predicted molar refractivity (Wildman–Crippen MR) is 72.3 cm³/mol. The van der Waals surface area contributed by atoms with Crippen molar-refractivity contribution in [2.75, 3.05) is 0 Å². The number of amides is 1. The molecule has 1 aromatic rings. The maximum atomic E-state index is 11.6. The van der Waals surface area contributed by atoms with E-state index in [1.807, 2.05) is 6.07 Å². The van der Waals surface area contributed by atoms with Crippen LogP contribution >= 0.6 is 11.8 Å². The van der Waals surface area contributed by atoms with Crippen LogP contribution < -0.4 is 5.73 Å². The van der Waals surface area contributed by atoms with Gasteiger partial charge in [-0.3, -0.25) is 9.59 Å². The van der Waals surface area contributed by atoms with Gasteiger partial charge in [0.05, 0.1) is 5.25 Å². The van der Waals surface area contributed by atoms with Gasteiger partial charge in [0.15, 0.2) is 0 Å². The molecule has 0 radical (unpaired) electrons. The van der Waals surface area contributed by atoms with Crippen LogP contribution in [0.4, 0.5) is 0 Å². The number of benzene rings is 1. The highest BCUT2D eigenvalue weighted by molar-refractivity contribution is 8.02. The average Bonchev–Trinajstić information content (AvgIpc) is 2.36. The Labute approximate surface area is 111 Å². The molecule has 1 rings (SSSR count). The third-order valence-electron chi connectivity index (χ3n) is 2.86. The summed E-state index contributed by atoms with van der Waals surface area (Å²) in [6.07, 6.45) is 0.384. The van der Waals surface area contributed by atoms with Crippen LogP contribution in [0.1, 0.15) is 25.8 Å². The van der Waals surface area contributed by atoms with Crippen molar-refractivity contribution < 1.29 is 14.7 Å². The summed E-state index contributed by atoms with van der Waals surface area (Å²) in [5.41, 5.74) is 5.90. The van der Waals surface area contributed by atoms with Crippen LogP contribution in [-0.4, -0.2) is 22.2 Å². The van der Waals surface area contributed by atoms with E-state index in [-0.39, 0.29) is 0 Å². The smallest absolute Gasteiger partial charge is 0.324 e. The predicted octanol–water partition coefficient (Wildman–Crippen LogP) is 1.98. The first-order valence-electron chi connectivity index (χ1n) is 5.70. The van der Waals surface area contributed by atoms with Crippen molar-refractivity contribution in [3.8, 4) is 0 Å². The van der Waals surface area contributed by atoms with Gasteiger partial charge in [-0.2, -0.15) is 0 Å². The minimum Gasteiger partial charge on any atom is -0.480 e. The number of aliphatic carboxylic acids is 1. The molecule has 18 heavy (non-hydrogen) atoms. The van der Waals surface area contributed by atoms with Crippen molar-refractivity contribution in [1.82, 2.24) is 0 Å². The standard InChI is InChI=1S/C13H17NO3S/c1-3-13(12(16)17,18-9(2)11(14)15)10-7-5-4-6-8-10/h4-9H,3H2,1-2H3,(H2,14,15)(H,16,17)/t9-,13-/m1/s1. The Hall–Kier alpha value is -1.49. The highest BCUT2D eigenvalue weighted by atomic mass is 32.2. The van der Waals surface area contributed by atoms with Crippen molar-refractivity contribution >= 4 is 23.6 Å². The molecule has 1 amide bonds. The lowest BCUT2D eigenvalue weighted by molar-refractivity contribution is -0.140. The second-order valence-corrected chi connectivity index (χ2v) is 5.65. The van der Waals surface area contributed by atoms with Crippen LogP contribution in [0.5, 0.6) is 0 Å². The molecule has 0 saturated carbocycles. The maximum absolute atomic E-state index is 11.6. The molecule has 0 fully saturated rings. The van der Waals surface area contributed by atoms with Crippen LogP contribution in [0, 0.1) is 0 Å². The van der Waals surface area contributed by atoms with Gasteiger partial charge in [0.1, 0.15) is 4.75 Å². The van der Waals surface area contributed by atoms with Crippen molar-refractivity contribution in [2.45, 2.75) is 30.3 Å². The van der Waals surface area contributed by atoms with Gasteiger partial charge in [0.2, 0.25) is 5.91 Å². The number of thioether (sulfide) groups is 1. The zero-order chi connectivity index (χ0) is 13.8. The van der Waals surface area contributed by atoms with Gasteiger partial charge in [0.25, 0.3) is 0 Å². The highest BCUT2D eigenvalue weighted by Crippen LogP contribution is 2.42. The fourth-order valence-electron chi connectivity index (χ4n) is 1.75. The molecule has 0 heterocycles. The van der Waals surface area contributed by atoms with Gasteiger partial charge >= 0.3 is 5.97 Å². The Morgan fingerprint density at radius 3 is 2.33 bits per heavy atom. The first-order chi connectivity index (χ1) is 8.44. The summed E-state index contributed by atoms with van der Waals surface area (Å²) in [5.74, 6) is -1.45. The van der Waals surface area contributed by atoms with Crippen LogP contribution in [-0.2, 0) is 14.3 Å². The Bertz CT molecular complexity index is 435. The lowest BCUT2D eigenvalue weighted by atomic mass is 9.95. The number of carboxylic acids is 1. The molecule has 98 valence electrons. The first-order valence-corrected chi connectivity index (χ1v) is 6.58. The van der Waals surface area contributed by atoms with Crippen molar-refractivity contribution in [3.05, 3.63) is 35.9 Å². The third kappa shape index (κ3) is 2.85. The van der Waals surface area contributed by atoms with Crippen molar-refractivity contribution in [1.29, 1.82) is 0 Å². The SMILES string of the molecule is CC[C@](S[C@H](C)C(N)=O)(C(=O)O)c1ccccc1. The van der Waals surface area contributed by atoms with Gasteiger partial charge in [-0.05, 0) is 18.9 Å². The Kier molecular flexibility index (Phi) is 4.78. The number of carbonyl (C=O) groups excluding carboxylic acids is 1. The quantitative estimate of drug-likeness (QED) is 0.826. The van der Waals surface area contributed by atoms with E-state index in [1.165, 1.54) is 0 Å². The van der Waals surface area contributed by atoms with Gasteiger partial charge in [-0.15, -0.1) is 11.8 Å². The van der Waals surface area contributed by atoms with E-state index in [4.69, 9.17) is 5.73 Å². The van der Waals surface area contributed by atoms with E-state index in [0.717, 1.165) is 11.8 Å².